The fraction of sp³-hybridized carbons (Fsp3) is 0.259. The number of nitrogens with zero attached hydrogens (tertiary/aromatic N) is 1. The molecule has 0 atom stereocenters. The topological polar surface area (TPSA) is 85.8 Å². The van der Waals surface area contributed by atoms with Crippen molar-refractivity contribution in [1.29, 1.82) is 0 Å². The van der Waals surface area contributed by atoms with Crippen LogP contribution < -0.4 is 16.0 Å². The van der Waals surface area contributed by atoms with Crippen molar-refractivity contribution in [1.82, 2.24) is 5.32 Å². The minimum absolute atomic E-state index is 0.0642. The third-order valence-corrected chi connectivity index (χ3v) is 6.53. The van der Waals surface area contributed by atoms with Gasteiger partial charge in [-0.05, 0) is 66.6 Å². The molecule has 5 rings (SSSR count). The molecule has 2 aliphatic rings. The SMILES string of the molecule is O=C(O)Cc1ccccc1Nc1c(Cl)cccc1Cl.c1cc2c(c(NC3=NCCN3)c1)CCCC2. The van der Waals surface area contributed by atoms with Gasteiger partial charge in [-0.2, -0.15) is 0 Å². The molecule has 0 spiro atoms. The zero-order chi connectivity index (χ0) is 24.6. The average molecular weight is 511 g/mol. The van der Waals surface area contributed by atoms with Gasteiger partial charge in [-0.15, -0.1) is 0 Å². The zero-order valence-corrected chi connectivity index (χ0v) is 20.8. The molecule has 0 fully saturated rings. The maximum Gasteiger partial charge on any atom is 0.307 e. The molecule has 0 bridgehead atoms. The first-order valence-corrected chi connectivity index (χ1v) is 12.4. The molecule has 35 heavy (non-hydrogen) atoms. The van der Waals surface area contributed by atoms with E-state index in [1.54, 1.807) is 36.4 Å². The molecule has 1 heterocycles. The van der Waals surface area contributed by atoms with Crippen LogP contribution in [0.3, 0.4) is 0 Å². The van der Waals surface area contributed by atoms with Crippen molar-refractivity contribution in [2.24, 2.45) is 4.99 Å². The largest absolute Gasteiger partial charge is 0.481 e. The number of fused-ring (bicyclic) bond motifs is 1. The third kappa shape index (κ3) is 6.68. The molecule has 8 heteroatoms. The number of aliphatic imine (C=N–C) groups is 1. The minimum atomic E-state index is -0.889. The van der Waals surface area contributed by atoms with E-state index in [1.165, 1.54) is 42.5 Å². The van der Waals surface area contributed by atoms with Gasteiger partial charge in [0.1, 0.15) is 0 Å². The van der Waals surface area contributed by atoms with Crippen LogP contribution in [0.15, 0.2) is 65.7 Å². The molecule has 1 aliphatic carbocycles. The van der Waals surface area contributed by atoms with Gasteiger partial charge in [-0.25, -0.2) is 0 Å². The normalized spacial score (nSPS) is 14.1. The number of guanidine groups is 1. The van der Waals surface area contributed by atoms with Crippen molar-refractivity contribution in [3.05, 3.63) is 87.4 Å². The second kappa shape index (κ2) is 12.0. The smallest absolute Gasteiger partial charge is 0.307 e. The molecule has 0 radical (unpaired) electrons. The molecule has 1 aliphatic heterocycles. The molecule has 3 aromatic carbocycles. The molecule has 182 valence electrons. The number of para-hydroxylation sites is 2. The van der Waals surface area contributed by atoms with Crippen LogP contribution in [0, 0.1) is 0 Å². The molecular formula is C27H28Cl2N4O2. The summed E-state index contributed by atoms with van der Waals surface area (Å²) in [6.45, 7) is 1.84. The van der Waals surface area contributed by atoms with Gasteiger partial charge in [0.2, 0.25) is 0 Å². The van der Waals surface area contributed by atoms with Gasteiger partial charge in [0.15, 0.2) is 5.96 Å². The van der Waals surface area contributed by atoms with E-state index < -0.39 is 5.97 Å². The Hall–Kier alpha value is -3.22. The van der Waals surface area contributed by atoms with E-state index in [9.17, 15) is 4.79 Å². The van der Waals surface area contributed by atoms with E-state index in [0.29, 0.717) is 27.0 Å². The Kier molecular flexibility index (Phi) is 8.50. The van der Waals surface area contributed by atoms with E-state index in [-0.39, 0.29) is 6.42 Å². The van der Waals surface area contributed by atoms with Crippen LogP contribution in [0.5, 0.6) is 0 Å². The maximum absolute atomic E-state index is 10.8. The molecular weight excluding hydrogens is 483 g/mol. The Bertz CT molecular complexity index is 1210. The highest BCUT2D eigenvalue weighted by Gasteiger charge is 2.14. The van der Waals surface area contributed by atoms with Crippen LogP contribution in [0.4, 0.5) is 17.1 Å². The highest BCUT2D eigenvalue weighted by molar-refractivity contribution is 6.39. The Morgan fingerprint density at radius 3 is 2.37 bits per heavy atom. The molecule has 3 aromatic rings. The zero-order valence-electron chi connectivity index (χ0n) is 19.3. The van der Waals surface area contributed by atoms with Gasteiger partial charge in [-0.1, -0.05) is 59.6 Å². The predicted octanol–water partition coefficient (Wildman–Crippen LogP) is 6.30. The van der Waals surface area contributed by atoms with E-state index in [1.807, 2.05) is 6.07 Å². The lowest BCUT2D eigenvalue weighted by atomic mass is 9.90. The number of halogens is 2. The molecule has 6 nitrogen and oxygen atoms in total. The summed E-state index contributed by atoms with van der Waals surface area (Å²) in [5.74, 6) is 0.0403. The quantitative estimate of drug-likeness (QED) is 0.323. The Morgan fingerprint density at radius 1 is 0.914 bits per heavy atom. The van der Waals surface area contributed by atoms with E-state index in [0.717, 1.165) is 19.0 Å². The highest BCUT2D eigenvalue weighted by atomic mass is 35.5. The minimum Gasteiger partial charge on any atom is -0.481 e. The number of aryl methyl sites for hydroxylation is 1. The summed E-state index contributed by atoms with van der Waals surface area (Å²) in [6, 6.07) is 18.9. The van der Waals surface area contributed by atoms with E-state index in [2.05, 4.69) is 39.1 Å². The maximum atomic E-state index is 10.8. The van der Waals surface area contributed by atoms with Crippen molar-refractivity contribution in [2.75, 3.05) is 23.7 Å². The van der Waals surface area contributed by atoms with Crippen LogP contribution in [-0.2, 0) is 24.1 Å². The van der Waals surface area contributed by atoms with E-state index in [4.69, 9.17) is 28.3 Å². The number of carboxylic acids is 1. The summed E-state index contributed by atoms with van der Waals surface area (Å²) in [5.41, 5.74) is 6.17. The number of benzene rings is 3. The summed E-state index contributed by atoms with van der Waals surface area (Å²) in [5, 5.41) is 19.6. The number of hydrogen-bond donors (Lipinski definition) is 4. The molecule has 0 unspecified atom stereocenters. The average Bonchev–Trinajstić information content (AvgIpc) is 3.36. The predicted molar refractivity (Wildman–Crippen MR) is 145 cm³/mol. The summed E-state index contributed by atoms with van der Waals surface area (Å²) < 4.78 is 0. The Labute approximate surface area is 215 Å². The lowest BCUT2D eigenvalue weighted by Crippen LogP contribution is -2.27. The molecule has 0 amide bonds. The molecule has 4 N–H and O–H groups in total. The number of nitrogens with one attached hydrogen (secondary N) is 3. The van der Waals surface area contributed by atoms with Gasteiger partial charge in [-0.3, -0.25) is 9.79 Å². The first kappa shape index (κ1) is 24.9. The second-order valence-electron chi connectivity index (χ2n) is 8.38. The number of anilines is 3. The van der Waals surface area contributed by atoms with E-state index >= 15 is 0 Å². The lowest BCUT2D eigenvalue weighted by molar-refractivity contribution is -0.136. The van der Waals surface area contributed by atoms with Gasteiger partial charge >= 0.3 is 5.97 Å². The number of rotatable bonds is 5. The number of carboxylic acid groups (broad SMARTS) is 1. The number of aliphatic carboxylic acids is 1. The number of carbonyl (C=O) groups is 1. The Morgan fingerprint density at radius 2 is 1.63 bits per heavy atom. The van der Waals surface area contributed by atoms with Crippen LogP contribution in [0.1, 0.15) is 29.5 Å². The summed E-state index contributed by atoms with van der Waals surface area (Å²) in [7, 11) is 0. The van der Waals surface area contributed by atoms with Gasteiger partial charge < -0.3 is 21.1 Å². The van der Waals surface area contributed by atoms with Crippen LogP contribution in [0.2, 0.25) is 10.0 Å². The van der Waals surface area contributed by atoms with Gasteiger partial charge in [0.05, 0.1) is 28.7 Å². The van der Waals surface area contributed by atoms with Crippen molar-refractivity contribution in [3.8, 4) is 0 Å². The van der Waals surface area contributed by atoms with Crippen molar-refractivity contribution in [3.63, 3.8) is 0 Å². The molecule has 0 saturated heterocycles. The standard InChI is InChI=1S/C14H11Cl2NO2.C13H17N3/c15-10-5-3-6-11(16)14(10)17-12-7-2-1-4-9(12)8-13(18)19;1-2-6-11-10(4-1)5-3-7-12(11)16-13-14-8-9-15-13/h1-7,17H,8H2,(H,18,19);3,5,7H,1-2,4,6,8-9H2,(H2,14,15,16). The number of hydrogen-bond acceptors (Lipinski definition) is 5. The lowest BCUT2D eigenvalue weighted by Gasteiger charge is -2.20. The molecule has 0 aromatic heterocycles. The fourth-order valence-electron chi connectivity index (χ4n) is 4.22. The van der Waals surface area contributed by atoms with Crippen molar-refractivity contribution in [2.45, 2.75) is 32.1 Å². The second-order valence-corrected chi connectivity index (χ2v) is 9.20. The highest BCUT2D eigenvalue weighted by Crippen LogP contribution is 2.33. The van der Waals surface area contributed by atoms with Gasteiger partial charge in [0, 0.05) is 17.9 Å². The van der Waals surface area contributed by atoms with Gasteiger partial charge in [0.25, 0.3) is 0 Å². The van der Waals surface area contributed by atoms with Crippen LogP contribution in [-0.4, -0.2) is 30.1 Å². The van der Waals surface area contributed by atoms with Crippen molar-refractivity contribution >= 4 is 52.2 Å². The first-order chi connectivity index (χ1) is 17.0. The summed E-state index contributed by atoms with van der Waals surface area (Å²) in [4.78, 5) is 15.2. The Balaban J connectivity index is 0.000000167. The van der Waals surface area contributed by atoms with Crippen molar-refractivity contribution < 1.29 is 9.90 Å². The van der Waals surface area contributed by atoms with Crippen LogP contribution >= 0.6 is 23.2 Å². The monoisotopic (exact) mass is 510 g/mol. The third-order valence-electron chi connectivity index (χ3n) is 5.90. The molecule has 0 saturated carbocycles. The summed E-state index contributed by atoms with van der Waals surface area (Å²) >= 11 is 12.1. The van der Waals surface area contributed by atoms with Crippen LogP contribution in [0.25, 0.3) is 0 Å². The summed E-state index contributed by atoms with van der Waals surface area (Å²) in [6.07, 6.45) is 5.00. The fourth-order valence-corrected chi connectivity index (χ4v) is 4.71. The first-order valence-electron chi connectivity index (χ1n) is 11.7.